The number of likely N-dealkylation sites (N-methyl/N-ethyl adjacent to an activating group) is 1. The predicted molar refractivity (Wildman–Crippen MR) is 47.5 cm³/mol. The molecular formula is C6H12N4O2S. The summed E-state index contributed by atoms with van der Waals surface area (Å²) in [5.41, 5.74) is 5.25. The van der Waals surface area contributed by atoms with Crippen LogP contribution in [0.5, 0.6) is 0 Å². The lowest BCUT2D eigenvalue weighted by Gasteiger charge is -2.13. The minimum Gasteiger partial charge on any atom is -0.335 e. The van der Waals surface area contributed by atoms with Crippen molar-refractivity contribution in [3.8, 4) is 0 Å². The number of nitrogens with zero attached hydrogens (tertiary/aromatic N) is 2. The predicted octanol–water partition coefficient (Wildman–Crippen LogP) is -1.01. The maximum absolute atomic E-state index is 11.6. The van der Waals surface area contributed by atoms with Crippen molar-refractivity contribution in [3.05, 3.63) is 12.5 Å². The van der Waals surface area contributed by atoms with Crippen LogP contribution in [0, 0.1) is 0 Å². The summed E-state index contributed by atoms with van der Waals surface area (Å²) in [6.07, 6.45) is 2.59. The van der Waals surface area contributed by atoms with Crippen molar-refractivity contribution in [1.29, 1.82) is 0 Å². The Morgan fingerprint density at radius 1 is 1.69 bits per heavy atom. The molecule has 0 saturated heterocycles. The van der Waals surface area contributed by atoms with Crippen LogP contribution in [0.2, 0.25) is 0 Å². The fraction of sp³-hybridized carbons (Fsp3) is 0.500. The average Bonchev–Trinajstić information content (AvgIpc) is 2.56. The number of aromatic nitrogens is 2. The van der Waals surface area contributed by atoms with Gasteiger partial charge in [0.05, 0.1) is 12.5 Å². The van der Waals surface area contributed by atoms with Crippen LogP contribution in [0.4, 0.5) is 0 Å². The molecule has 0 spiro atoms. The van der Waals surface area contributed by atoms with Crippen molar-refractivity contribution in [2.24, 2.45) is 5.73 Å². The van der Waals surface area contributed by atoms with E-state index in [1.165, 1.54) is 23.9 Å². The number of nitrogens with two attached hydrogens (primary N) is 1. The molecule has 6 nitrogen and oxygen atoms in total. The van der Waals surface area contributed by atoms with Gasteiger partial charge in [0.25, 0.3) is 10.0 Å². The Bertz CT molecular complexity index is 345. The maximum atomic E-state index is 11.6. The van der Waals surface area contributed by atoms with Crippen LogP contribution < -0.4 is 5.73 Å². The van der Waals surface area contributed by atoms with E-state index in [-0.39, 0.29) is 5.03 Å². The van der Waals surface area contributed by atoms with E-state index in [1.54, 1.807) is 0 Å². The van der Waals surface area contributed by atoms with Gasteiger partial charge < -0.3 is 10.7 Å². The number of nitrogens with one attached hydrogen (secondary N) is 1. The van der Waals surface area contributed by atoms with E-state index in [4.69, 9.17) is 5.73 Å². The molecule has 1 aromatic rings. The average molecular weight is 204 g/mol. The SMILES string of the molecule is CN(CCN)S(=O)(=O)c1cnc[nH]1. The molecule has 0 bridgehead atoms. The van der Waals surface area contributed by atoms with E-state index < -0.39 is 10.0 Å². The van der Waals surface area contributed by atoms with Crippen molar-refractivity contribution in [2.45, 2.75) is 5.03 Å². The number of H-pyrrole nitrogens is 1. The first-order valence-electron chi connectivity index (χ1n) is 3.74. The zero-order chi connectivity index (χ0) is 9.90. The van der Waals surface area contributed by atoms with Crippen molar-refractivity contribution in [2.75, 3.05) is 20.1 Å². The maximum Gasteiger partial charge on any atom is 0.259 e. The molecule has 0 unspecified atom stereocenters. The standard InChI is InChI=1S/C6H12N4O2S/c1-10(3-2-7)13(11,12)6-4-8-5-9-6/h4-5H,2-3,7H2,1H3,(H,8,9). The van der Waals surface area contributed by atoms with Crippen LogP contribution >= 0.6 is 0 Å². The van der Waals surface area contributed by atoms with Crippen LogP contribution in [-0.4, -0.2) is 42.8 Å². The van der Waals surface area contributed by atoms with Gasteiger partial charge >= 0.3 is 0 Å². The van der Waals surface area contributed by atoms with E-state index in [0.29, 0.717) is 13.1 Å². The lowest BCUT2D eigenvalue weighted by molar-refractivity contribution is 0.474. The van der Waals surface area contributed by atoms with Gasteiger partial charge in [-0.1, -0.05) is 0 Å². The van der Waals surface area contributed by atoms with Gasteiger partial charge in [-0.2, -0.15) is 4.31 Å². The van der Waals surface area contributed by atoms with Crippen molar-refractivity contribution < 1.29 is 8.42 Å². The largest absolute Gasteiger partial charge is 0.335 e. The molecule has 0 fully saturated rings. The van der Waals surface area contributed by atoms with Gasteiger partial charge in [-0.25, -0.2) is 13.4 Å². The van der Waals surface area contributed by atoms with E-state index in [2.05, 4.69) is 9.97 Å². The Balaban J connectivity index is 2.90. The molecule has 3 N–H and O–H groups in total. The minimum absolute atomic E-state index is 0.0865. The molecule has 1 heterocycles. The second-order valence-electron chi connectivity index (χ2n) is 2.53. The Morgan fingerprint density at radius 3 is 2.85 bits per heavy atom. The zero-order valence-electron chi connectivity index (χ0n) is 7.27. The van der Waals surface area contributed by atoms with Crippen LogP contribution in [0.25, 0.3) is 0 Å². The molecule has 0 radical (unpaired) electrons. The van der Waals surface area contributed by atoms with Gasteiger partial charge in [-0.3, -0.25) is 0 Å². The summed E-state index contributed by atoms with van der Waals surface area (Å²) in [5.74, 6) is 0. The smallest absolute Gasteiger partial charge is 0.259 e. The highest BCUT2D eigenvalue weighted by atomic mass is 32.2. The molecule has 1 rings (SSSR count). The fourth-order valence-corrected chi connectivity index (χ4v) is 1.93. The molecule has 7 heteroatoms. The third kappa shape index (κ3) is 2.06. The molecule has 0 aliphatic heterocycles. The quantitative estimate of drug-likeness (QED) is 0.657. The molecular weight excluding hydrogens is 192 g/mol. The summed E-state index contributed by atoms with van der Waals surface area (Å²) in [6, 6.07) is 0. The Morgan fingerprint density at radius 2 is 2.38 bits per heavy atom. The molecule has 0 aromatic carbocycles. The van der Waals surface area contributed by atoms with Crippen molar-refractivity contribution in [1.82, 2.24) is 14.3 Å². The number of imidazole rings is 1. The molecule has 0 saturated carbocycles. The topological polar surface area (TPSA) is 92.1 Å². The van der Waals surface area contributed by atoms with E-state index in [1.807, 2.05) is 0 Å². The zero-order valence-corrected chi connectivity index (χ0v) is 8.08. The highest BCUT2D eigenvalue weighted by molar-refractivity contribution is 7.89. The normalized spacial score (nSPS) is 12.2. The summed E-state index contributed by atoms with van der Waals surface area (Å²) in [5, 5.41) is 0.0865. The van der Waals surface area contributed by atoms with Gasteiger partial charge in [0, 0.05) is 20.1 Å². The van der Waals surface area contributed by atoms with Crippen molar-refractivity contribution in [3.63, 3.8) is 0 Å². The van der Waals surface area contributed by atoms with Gasteiger partial charge in [0.2, 0.25) is 0 Å². The monoisotopic (exact) mass is 204 g/mol. The second-order valence-corrected chi connectivity index (χ2v) is 4.54. The number of rotatable bonds is 4. The van der Waals surface area contributed by atoms with E-state index in [9.17, 15) is 8.42 Å². The summed E-state index contributed by atoms with van der Waals surface area (Å²) in [7, 11) is -1.95. The third-order valence-electron chi connectivity index (χ3n) is 1.61. The van der Waals surface area contributed by atoms with E-state index >= 15 is 0 Å². The van der Waals surface area contributed by atoms with Crippen LogP contribution in [-0.2, 0) is 10.0 Å². The molecule has 0 atom stereocenters. The summed E-state index contributed by atoms with van der Waals surface area (Å²) in [4.78, 5) is 6.17. The van der Waals surface area contributed by atoms with Crippen LogP contribution in [0.1, 0.15) is 0 Å². The van der Waals surface area contributed by atoms with Crippen molar-refractivity contribution >= 4 is 10.0 Å². The number of sulfonamides is 1. The molecule has 1 aromatic heterocycles. The summed E-state index contributed by atoms with van der Waals surface area (Å²) >= 11 is 0. The molecule has 74 valence electrons. The van der Waals surface area contributed by atoms with Crippen LogP contribution in [0.3, 0.4) is 0 Å². The molecule has 0 amide bonds. The Hall–Kier alpha value is -0.920. The highest BCUT2D eigenvalue weighted by Gasteiger charge is 2.20. The lowest BCUT2D eigenvalue weighted by atomic mass is 10.7. The third-order valence-corrected chi connectivity index (χ3v) is 3.39. The Labute approximate surface area is 76.8 Å². The number of hydrogen-bond acceptors (Lipinski definition) is 4. The van der Waals surface area contributed by atoms with E-state index in [0.717, 1.165) is 0 Å². The fourth-order valence-electron chi connectivity index (χ4n) is 0.854. The molecule has 0 aliphatic rings. The molecule has 13 heavy (non-hydrogen) atoms. The highest BCUT2D eigenvalue weighted by Crippen LogP contribution is 2.08. The summed E-state index contributed by atoms with van der Waals surface area (Å²) < 4.78 is 24.3. The van der Waals surface area contributed by atoms with Crippen LogP contribution in [0.15, 0.2) is 17.6 Å². The first-order chi connectivity index (χ1) is 6.09. The first kappa shape index (κ1) is 10.2. The van der Waals surface area contributed by atoms with Gasteiger partial charge in [0.15, 0.2) is 5.03 Å². The number of aromatic amines is 1. The lowest BCUT2D eigenvalue weighted by Crippen LogP contribution is -2.31. The summed E-state index contributed by atoms with van der Waals surface area (Å²) in [6.45, 7) is 0.589. The number of hydrogen-bond donors (Lipinski definition) is 2. The van der Waals surface area contributed by atoms with Gasteiger partial charge in [-0.05, 0) is 0 Å². The Kier molecular flexibility index (Phi) is 3.02. The first-order valence-corrected chi connectivity index (χ1v) is 5.18. The van der Waals surface area contributed by atoms with Gasteiger partial charge in [-0.15, -0.1) is 0 Å². The van der Waals surface area contributed by atoms with Gasteiger partial charge in [0.1, 0.15) is 0 Å². The molecule has 0 aliphatic carbocycles. The minimum atomic E-state index is -3.42. The second kappa shape index (κ2) is 3.86.